The number of nitrogens with two attached hydrogens (primary N) is 1. The third-order valence-electron chi connectivity index (χ3n) is 1.52. The van der Waals surface area contributed by atoms with Crippen molar-refractivity contribution < 1.29 is 24.2 Å². The molecule has 0 aromatic heterocycles. The minimum Gasteiger partial charge on any atom is -0.480 e. The van der Waals surface area contributed by atoms with Crippen LogP contribution >= 0.6 is 0 Å². The molecule has 5 N–H and O–H groups in total. The Hall–Kier alpha value is -1.83. The van der Waals surface area contributed by atoms with Gasteiger partial charge in [0, 0.05) is 6.54 Å². The summed E-state index contributed by atoms with van der Waals surface area (Å²) in [5.74, 6) is -1.49. The van der Waals surface area contributed by atoms with Gasteiger partial charge in [0.1, 0.15) is 12.6 Å². The summed E-state index contributed by atoms with van der Waals surface area (Å²) in [5.41, 5.74) is 4.82. The van der Waals surface area contributed by atoms with Crippen LogP contribution in [0.3, 0.4) is 0 Å². The van der Waals surface area contributed by atoms with E-state index in [1.165, 1.54) is 6.92 Å². The van der Waals surface area contributed by atoms with Crippen LogP contribution in [0.15, 0.2) is 0 Å². The van der Waals surface area contributed by atoms with Gasteiger partial charge in [-0.1, -0.05) is 0 Å². The first kappa shape index (κ1) is 14.2. The van der Waals surface area contributed by atoms with Gasteiger partial charge < -0.3 is 26.2 Å². The average molecular weight is 233 g/mol. The largest absolute Gasteiger partial charge is 0.480 e. The maximum Gasteiger partial charge on any atom is 0.329 e. The molecule has 92 valence electrons. The summed E-state index contributed by atoms with van der Waals surface area (Å²) in [5, 5.41) is 12.9. The minimum absolute atomic E-state index is 0.0847. The third-order valence-corrected chi connectivity index (χ3v) is 1.52. The number of ether oxygens (including phenoxy) is 1. The summed E-state index contributed by atoms with van der Waals surface area (Å²) in [6, 6.07) is -1.53. The van der Waals surface area contributed by atoms with Gasteiger partial charge in [-0.25, -0.2) is 9.59 Å². The molecule has 0 aliphatic rings. The molecule has 0 fully saturated rings. The molecule has 16 heavy (non-hydrogen) atoms. The smallest absolute Gasteiger partial charge is 0.329 e. The Morgan fingerprint density at radius 2 is 2.06 bits per heavy atom. The molecule has 8 heteroatoms. The van der Waals surface area contributed by atoms with Crippen molar-refractivity contribution in [2.45, 2.75) is 13.0 Å². The van der Waals surface area contributed by atoms with Crippen molar-refractivity contribution in [3.8, 4) is 0 Å². The maximum absolute atomic E-state index is 11.2. The number of hydrogen-bond donors (Lipinski definition) is 4. The summed E-state index contributed by atoms with van der Waals surface area (Å²) >= 11 is 0. The highest BCUT2D eigenvalue weighted by atomic mass is 16.5. The SMILES string of the molecule is CC(NC(N)=O)C(=O)NCCOCC(=O)O. The van der Waals surface area contributed by atoms with Gasteiger partial charge in [0.2, 0.25) is 5.91 Å². The van der Waals surface area contributed by atoms with Crippen LogP contribution < -0.4 is 16.4 Å². The van der Waals surface area contributed by atoms with E-state index in [0.717, 1.165) is 0 Å². The third kappa shape index (κ3) is 7.56. The number of primary amides is 1. The second-order valence-corrected chi connectivity index (χ2v) is 2.97. The molecule has 0 aliphatic heterocycles. The first-order chi connectivity index (χ1) is 7.43. The Bertz CT molecular complexity index is 268. The van der Waals surface area contributed by atoms with E-state index >= 15 is 0 Å². The number of nitrogens with one attached hydrogen (secondary N) is 2. The van der Waals surface area contributed by atoms with Crippen molar-refractivity contribution >= 4 is 17.9 Å². The summed E-state index contributed by atoms with van der Waals surface area (Å²) in [6.45, 7) is 1.31. The zero-order valence-corrected chi connectivity index (χ0v) is 8.86. The topological polar surface area (TPSA) is 131 Å². The molecule has 0 aromatic rings. The molecule has 1 unspecified atom stereocenters. The van der Waals surface area contributed by atoms with E-state index < -0.39 is 30.6 Å². The Kier molecular flexibility index (Phi) is 6.61. The fourth-order valence-corrected chi connectivity index (χ4v) is 0.838. The molecule has 0 bridgehead atoms. The van der Waals surface area contributed by atoms with Crippen LogP contribution in [0.25, 0.3) is 0 Å². The van der Waals surface area contributed by atoms with Crippen LogP contribution in [-0.4, -0.2) is 48.8 Å². The predicted octanol–water partition coefficient (Wildman–Crippen LogP) is -1.74. The van der Waals surface area contributed by atoms with Gasteiger partial charge in [0.25, 0.3) is 0 Å². The van der Waals surface area contributed by atoms with Crippen molar-refractivity contribution in [1.29, 1.82) is 0 Å². The van der Waals surface area contributed by atoms with Crippen molar-refractivity contribution in [1.82, 2.24) is 10.6 Å². The monoisotopic (exact) mass is 233 g/mol. The second-order valence-electron chi connectivity index (χ2n) is 2.97. The molecule has 8 nitrogen and oxygen atoms in total. The first-order valence-electron chi connectivity index (χ1n) is 4.56. The normalized spacial score (nSPS) is 11.6. The molecule has 0 heterocycles. The lowest BCUT2D eigenvalue weighted by Crippen LogP contribution is -2.47. The van der Waals surface area contributed by atoms with Crippen LogP contribution in [0.4, 0.5) is 4.79 Å². The highest BCUT2D eigenvalue weighted by Gasteiger charge is 2.12. The summed E-state index contributed by atoms with van der Waals surface area (Å²) in [6.07, 6.45) is 0. The van der Waals surface area contributed by atoms with Crippen molar-refractivity contribution in [3.05, 3.63) is 0 Å². The van der Waals surface area contributed by atoms with E-state index in [0.29, 0.717) is 0 Å². The molecule has 3 amide bonds. The number of carbonyl (C=O) groups is 3. The minimum atomic E-state index is -1.07. The Morgan fingerprint density at radius 3 is 2.56 bits per heavy atom. The molecule has 0 spiro atoms. The molecule has 0 saturated carbocycles. The lowest BCUT2D eigenvalue weighted by molar-refractivity contribution is -0.142. The highest BCUT2D eigenvalue weighted by molar-refractivity contribution is 5.86. The molecular formula is C8H15N3O5. The van der Waals surface area contributed by atoms with Crippen LogP contribution in [0.5, 0.6) is 0 Å². The van der Waals surface area contributed by atoms with Gasteiger partial charge in [-0.2, -0.15) is 0 Å². The number of aliphatic carboxylic acids is 1. The predicted molar refractivity (Wildman–Crippen MR) is 53.6 cm³/mol. The summed E-state index contributed by atoms with van der Waals surface area (Å²) < 4.78 is 4.68. The Morgan fingerprint density at radius 1 is 1.44 bits per heavy atom. The van der Waals surface area contributed by atoms with Crippen molar-refractivity contribution in [3.63, 3.8) is 0 Å². The van der Waals surface area contributed by atoms with E-state index in [1.54, 1.807) is 0 Å². The lowest BCUT2D eigenvalue weighted by atomic mass is 10.3. The van der Waals surface area contributed by atoms with Crippen molar-refractivity contribution in [2.24, 2.45) is 5.73 Å². The molecule has 1 atom stereocenters. The van der Waals surface area contributed by atoms with Crippen LogP contribution in [-0.2, 0) is 14.3 Å². The second kappa shape index (κ2) is 7.46. The van der Waals surface area contributed by atoms with Crippen LogP contribution in [0.1, 0.15) is 6.92 Å². The van der Waals surface area contributed by atoms with Gasteiger partial charge >= 0.3 is 12.0 Å². The zero-order chi connectivity index (χ0) is 12.6. The lowest BCUT2D eigenvalue weighted by Gasteiger charge is -2.12. The number of carbonyl (C=O) groups excluding carboxylic acids is 2. The zero-order valence-electron chi connectivity index (χ0n) is 8.86. The van der Waals surface area contributed by atoms with E-state index in [4.69, 9.17) is 10.8 Å². The number of amides is 3. The van der Waals surface area contributed by atoms with Gasteiger partial charge in [0.15, 0.2) is 0 Å². The quantitative estimate of drug-likeness (QED) is 0.388. The maximum atomic E-state index is 11.2. The number of rotatable bonds is 7. The van der Waals surface area contributed by atoms with Crippen molar-refractivity contribution in [2.75, 3.05) is 19.8 Å². The molecular weight excluding hydrogens is 218 g/mol. The van der Waals surface area contributed by atoms with Gasteiger partial charge in [-0.15, -0.1) is 0 Å². The fourth-order valence-electron chi connectivity index (χ4n) is 0.838. The van der Waals surface area contributed by atoms with Gasteiger partial charge in [-0.05, 0) is 6.92 Å². The Labute approximate surface area is 92.1 Å². The molecule has 0 aliphatic carbocycles. The van der Waals surface area contributed by atoms with E-state index in [1.807, 2.05) is 0 Å². The first-order valence-corrected chi connectivity index (χ1v) is 4.56. The number of carboxylic acids is 1. The van der Waals surface area contributed by atoms with Gasteiger partial charge in [0.05, 0.1) is 6.61 Å². The highest BCUT2D eigenvalue weighted by Crippen LogP contribution is 1.81. The van der Waals surface area contributed by atoms with Gasteiger partial charge in [-0.3, -0.25) is 4.79 Å². The molecule has 0 rings (SSSR count). The summed E-state index contributed by atoms with van der Waals surface area (Å²) in [7, 11) is 0. The van der Waals surface area contributed by atoms with E-state index in [-0.39, 0.29) is 13.2 Å². The van der Waals surface area contributed by atoms with Crippen LogP contribution in [0, 0.1) is 0 Å². The fraction of sp³-hybridized carbons (Fsp3) is 0.625. The van der Waals surface area contributed by atoms with E-state index in [2.05, 4.69) is 15.4 Å². The molecule has 0 saturated heterocycles. The average Bonchev–Trinajstić information content (AvgIpc) is 2.15. The number of carboxylic acid groups (broad SMARTS) is 1. The molecule has 0 aromatic carbocycles. The standard InChI is InChI=1S/C8H15N3O5/c1-5(11-8(9)15)7(14)10-2-3-16-4-6(12)13/h5H,2-4H2,1H3,(H,10,14)(H,12,13)(H3,9,11,15). The Balaban J connectivity index is 3.57. The summed E-state index contributed by atoms with van der Waals surface area (Å²) in [4.78, 5) is 31.7. The van der Waals surface area contributed by atoms with E-state index in [9.17, 15) is 14.4 Å². The molecule has 0 radical (unpaired) electrons. The van der Waals surface area contributed by atoms with Crippen LogP contribution in [0.2, 0.25) is 0 Å². The number of urea groups is 1. The number of hydrogen-bond acceptors (Lipinski definition) is 4.